The minimum absolute atomic E-state index is 0.139. The highest BCUT2D eigenvalue weighted by atomic mass is 79.9. The predicted octanol–water partition coefficient (Wildman–Crippen LogP) is 3.64. The van der Waals surface area contributed by atoms with E-state index in [1.165, 1.54) is 5.56 Å². The quantitative estimate of drug-likeness (QED) is 0.723. The van der Waals surface area contributed by atoms with Gasteiger partial charge in [-0.1, -0.05) is 52.3 Å². The van der Waals surface area contributed by atoms with Crippen LogP contribution in [0, 0.1) is 0 Å². The van der Waals surface area contributed by atoms with Crippen molar-refractivity contribution in [3.05, 3.63) is 64.6 Å². The first-order valence-corrected chi connectivity index (χ1v) is 9.57. The van der Waals surface area contributed by atoms with E-state index in [-0.39, 0.29) is 6.10 Å². The van der Waals surface area contributed by atoms with Gasteiger partial charge in [-0.25, -0.2) is 0 Å². The summed E-state index contributed by atoms with van der Waals surface area (Å²) in [5.41, 5.74) is 2.30. The predicted molar refractivity (Wildman–Crippen MR) is 110 cm³/mol. The molecule has 1 heterocycles. The van der Waals surface area contributed by atoms with E-state index in [1.807, 2.05) is 24.3 Å². The SMILES string of the molecule is S=C(NC[C@@H]1CN(Cc2ccccc2)CCO1)Nc1cccc(Br)c1. The smallest absolute Gasteiger partial charge is 0.170 e. The zero-order valence-electron chi connectivity index (χ0n) is 14.0. The van der Waals surface area contributed by atoms with Crippen molar-refractivity contribution in [3.63, 3.8) is 0 Å². The molecule has 2 N–H and O–H groups in total. The van der Waals surface area contributed by atoms with Crippen molar-refractivity contribution in [2.24, 2.45) is 0 Å². The summed E-state index contributed by atoms with van der Waals surface area (Å²) in [6, 6.07) is 18.5. The fourth-order valence-corrected chi connectivity index (χ4v) is 3.44. The average Bonchev–Trinajstić information content (AvgIpc) is 2.61. The van der Waals surface area contributed by atoms with Crippen molar-refractivity contribution < 1.29 is 4.74 Å². The summed E-state index contributed by atoms with van der Waals surface area (Å²) in [5.74, 6) is 0. The zero-order chi connectivity index (χ0) is 17.5. The van der Waals surface area contributed by atoms with Crippen molar-refractivity contribution >= 4 is 38.9 Å². The first kappa shape index (κ1) is 18.3. The summed E-state index contributed by atoms with van der Waals surface area (Å²) >= 11 is 8.83. The molecule has 1 saturated heterocycles. The maximum atomic E-state index is 5.87. The number of hydrogen-bond acceptors (Lipinski definition) is 3. The van der Waals surface area contributed by atoms with Crippen molar-refractivity contribution in [1.82, 2.24) is 10.2 Å². The van der Waals surface area contributed by atoms with E-state index >= 15 is 0 Å². The van der Waals surface area contributed by atoms with Gasteiger partial charge in [0.2, 0.25) is 0 Å². The zero-order valence-corrected chi connectivity index (χ0v) is 16.4. The van der Waals surface area contributed by atoms with Crippen LogP contribution >= 0.6 is 28.1 Å². The van der Waals surface area contributed by atoms with Gasteiger partial charge in [0.15, 0.2) is 5.11 Å². The second kappa shape index (κ2) is 9.29. The molecule has 0 radical (unpaired) electrons. The summed E-state index contributed by atoms with van der Waals surface area (Å²) in [6.07, 6.45) is 0.139. The average molecular weight is 420 g/mol. The topological polar surface area (TPSA) is 36.5 Å². The fraction of sp³-hybridized carbons (Fsp3) is 0.316. The molecule has 6 heteroatoms. The Bertz CT molecular complexity index is 698. The Hall–Kier alpha value is -1.47. The van der Waals surface area contributed by atoms with Gasteiger partial charge in [0.05, 0.1) is 12.7 Å². The van der Waals surface area contributed by atoms with E-state index in [1.54, 1.807) is 0 Å². The fourth-order valence-electron chi connectivity index (χ4n) is 2.84. The number of nitrogens with one attached hydrogen (secondary N) is 2. The standard InChI is InChI=1S/C19H22BrN3OS/c20-16-7-4-8-17(11-16)22-19(25)21-12-18-14-23(9-10-24-18)13-15-5-2-1-3-6-15/h1-8,11,18H,9-10,12-14H2,(H2,21,22,25)/t18-/m1/s1. The lowest BCUT2D eigenvalue weighted by atomic mass is 10.2. The second-order valence-corrected chi connectivity index (χ2v) is 7.38. The van der Waals surface area contributed by atoms with Crippen molar-refractivity contribution in [1.29, 1.82) is 0 Å². The molecular formula is C19H22BrN3OS. The molecule has 2 aromatic rings. The summed E-state index contributed by atoms with van der Waals surface area (Å²) < 4.78 is 6.89. The normalized spacial score (nSPS) is 17.9. The Labute approximate surface area is 162 Å². The number of thiocarbonyl (C=S) groups is 1. The van der Waals surface area contributed by atoms with Crippen LogP contribution in [0.25, 0.3) is 0 Å². The van der Waals surface area contributed by atoms with Crippen molar-refractivity contribution in [2.45, 2.75) is 12.6 Å². The van der Waals surface area contributed by atoms with Crippen LogP contribution in [-0.2, 0) is 11.3 Å². The molecule has 3 rings (SSSR count). The Morgan fingerprint density at radius 1 is 1.20 bits per heavy atom. The van der Waals surface area contributed by atoms with E-state index in [4.69, 9.17) is 17.0 Å². The number of nitrogens with zero attached hydrogens (tertiary/aromatic N) is 1. The van der Waals surface area contributed by atoms with Crippen LogP contribution in [0.3, 0.4) is 0 Å². The van der Waals surface area contributed by atoms with Crippen molar-refractivity contribution in [2.75, 3.05) is 31.6 Å². The first-order chi connectivity index (χ1) is 12.2. The highest BCUT2D eigenvalue weighted by Crippen LogP contribution is 2.15. The van der Waals surface area contributed by atoms with E-state index in [2.05, 4.69) is 61.8 Å². The summed E-state index contributed by atoms with van der Waals surface area (Å²) in [6.45, 7) is 4.28. The number of benzene rings is 2. The Morgan fingerprint density at radius 3 is 2.84 bits per heavy atom. The van der Waals surface area contributed by atoms with Gasteiger partial charge in [0, 0.05) is 36.3 Å². The Balaban J connectivity index is 1.44. The number of rotatable bonds is 5. The Morgan fingerprint density at radius 2 is 2.04 bits per heavy atom. The van der Waals surface area contributed by atoms with Gasteiger partial charge in [0.25, 0.3) is 0 Å². The highest BCUT2D eigenvalue weighted by molar-refractivity contribution is 9.10. The van der Waals surface area contributed by atoms with Gasteiger partial charge >= 0.3 is 0 Å². The molecule has 0 aliphatic carbocycles. The van der Waals surface area contributed by atoms with E-state index < -0.39 is 0 Å². The monoisotopic (exact) mass is 419 g/mol. The minimum atomic E-state index is 0.139. The van der Waals surface area contributed by atoms with Crippen molar-refractivity contribution in [3.8, 4) is 0 Å². The van der Waals surface area contributed by atoms with Crippen LogP contribution in [0.4, 0.5) is 5.69 Å². The molecule has 0 amide bonds. The van der Waals surface area contributed by atoms with Crippen LogP contribution in [-0.4, -0.2) is 42.4 Å². The van der Waals surface area contributed by atoms with E-state index in [0.717, 1.165) is 36.4 Å². The lowest BCUT2D eigenvalue weighted by molar-refractivity contribution is -0.0279. The lowest BCUT2D eigenvalue weighted by Gasteiger charge is -2.33. The van der Waals surface area contributed by atoms with E-state index in [0.29, 0.717) is 11.7 Å². The second-order valence-electron chi connectivity index (χ2n) is 6.06. The molecule has 0 saturated carbocycles. The third-order valence-corrected chi connectivity index (χ3v) is 4.78. The van der Waals surface area contributed by atoms with E-state index in [9.17, 15) is 0 Å². The molecule has 25 heavy (non-hydrogen) atoms. The number of morpholine rings is 1. The van der Waals surface area contributed by atoms with Crippen LogP contribution in [0.1, 0.15) is 5.56 Å². The first-order valence-electron chi connectivity index (χ1n) is 8.37. The maximum absolute atomic E-state index is 5.87. The molecule has 1 fully saturated rings. The molecular weight excluding hydrogens is 398 g/mol. The minimum Gasteiger partial charge on any atom is -0.374 e. The van der Waals surface area contributed by atoms with Crippen LogP contribution in [0.5, 0.6) is 0 Å². The highest BCUT2D eigenvalue weighted by Gasteiger charge is 2.20. The van der Waals surface area contributed by atoms with Gasteiger partial charge < -0.3 is 15.4 Å². The van der Waals surface area contributed by atoms with Gasteiger partial charge in [-0.2, -0.15) is 0 Å². The molecule has 1 aliphatic heterocycles. The molecule has 0 unspecified atom stereocenters. The molecule has 4 nitrogen and oxygen atoms in total. The van der Waals surface area contributed by atoms with Gasteiger partial charge in [-0.3, -0.25) is 4.90 Å². The van der Waals surface area contributed by atoms with Crippen LogP contribution in [0.15, 0.2) is 59.1 Å². The molecule has 0 aromatic heterocycles. The number of halogens is 1. The molecule has 1 atom stereocenters. The van der Waals surface area contributed by atoms with Gasteiger partial charge in [0.1, 0.15) is 0 Å². The van der Waals surface area contributed by atoms with Gasteiger partial charge in [-0.05, 0) is 36.0 Å². The van der Waals surface area contributed by atoms with Gasteiger partial charge in [-0.15, -0.1) is 0 Å². The summed E-state index contributed by atoms with van der Waals surface area (Å²) in [5, 5.41) is 7.07. The number of ether oxygens (including phenoxy) is 1. The molecule has 1 aliphatic rings. The molecule has 0 bridgehead atoms. The number of anilines is 1. The summed E-state index contributed by atoms with van der Waals surface area (Å²) in [7, 11) is 0. The molecule has 132 valence electrons. The largest absolute Gasteiger partial charge is 0.374 e. The van der Waals surface area contributed by atoms with Crippen LogP contribution < -0.4 is 10.6 Å². The molecule has 2 aromatic carbocycles. The Kier molecular flexibility index (Phi) is 6.81. The maximum Gasteiger partial charge on any atom is 0.170 e. The summed E-state index contributed by atoms with van der Waals surface area (Å²) in [4.78, 5) is 2.43. The van der Waals surface area contributed by atoms with Crippen LogP contribution in [0.2, 0.25) is 0 Å². The third kappa shape index (κ3) is 6.08. The molecule has 0 spiro atoms. The third-order valence-electron chi connectivity index (χ3n) is 4.04. The number of hydrogen-bond donors (Lipinski definition) is 2. The lowest BCUT2D eigenvalue weighted by Crippen LogP contribution is -2.47.